The number of imide groups is 2. The van der Waals surface area contributed by atoms with Crippen molar-refractivity contribution in [2.45, 2.75) is 96.7 Å². The molecule has 5 aromatic rings. The van der Waals surface area contributed by atoms with Crippen molar-refractivity contribution in [3.63, 3.8) is 0 Å². The Morgan fingerprint density at radius 1 is 0.883 bits per heavy atom. The molecule has 2 aliphatic carbocycles. The maximum Gasteiger partial charge on any atom is 0.416 e. The van der Waals surface area contributed by atoms with Gasteiger partial charge in [0.2, 0.25) is 11.8 Å². The highest BCUT2D eigenvalue weighted by atomic mass is 35.5. The van der Waals surface area contributed by atoms with Gasteiger partial charge in [-0.25, -0.2) is 14.8 Å². The van der Waals surface area contributed by atoms with E-state index in [4.69, 9.17) is 21.3 Å². The molecule has 60 heavy (non-hydrogen) atoms. The number of amides is 5. The van der Waals surface area contributed by atoms with Gasteiger partial charge in [-0.2, -0.15) is 19.2 Å². The van der Waals surface area contributed by atoms with Crippen LogP contribution in [0.3, 0.4) is 0 Å². The maximum atomic E-state index is 12.9. The summed E-state index contributed by atoms with van der Waals surface area (Å²) in [7, 11) is 0. The number of carbonyl (C=O) groups is 5. The van der Waals surface area contributed by atoms with Gasteiger partial charge in [-0.3, -0.25) is 34.7 Å². The first-order valence-electron chi connectivity index (χ1n) is 19.8. The fourth-order valence-electron chi connectivity index (χ4n) is 6.71. The summed E-state index contributed by atoms with van der Waals surface area (Å²) >= 11 is 6.24. The molecule has 5 amide bonds. The van der Waals surface area contributed by atoms with Crippen LogP contribution < -0.4 is 26.2 Å². The van der Waals surface area contributed by atoms with E-state index in [-0.39, 0.29) is 41.8 Å². The van der Waals surface area contributed by atoms with Crippen molar-refractivity contribution in [2.24, 2.45) is 0 Å². The van der Waals surface area contributed by atoms with E-state index >= 15 is 0 Å². The van der Waals surface area contributed by atoms with Gasteiger partial charge >= 0.3 is 6.09 Å². The van der Waals surface area contributed by atoms with Gasteiger partial charge in [0.1, 0.15) is 28.2 Å². The number of hydrogen-bond acceptors (Lipinski definition) is 12. The molecule has 2 saturated heterocycles. The number of ether oxygens (including phenoxy) is 1. The number of benzene rings is 1. The largest absolute Gasteiger partial charge is 0.443 e. The van der Waals surface area contributed by atoms with Crippen LogP contribution in [0.1, 0.15) is 95.8 Å². The third-order valence-electron chi connectivity index (χ3n) is 9.90. The van der Waals surface area contributed by atoms with Crippen LogP contribution in [0.2, 0.25) is 5.15 Å². The smallest absolute Gasteiger partial charge is 0.416 e. The van der Waals surface area contributed by atoms with Gasteiger partial charge in [-0.05, 0) is 82.2 Å². The lowest BCUT2D eigenvalue weighted by atomic mass is 10.0. The second-order valence-electron chi connectivity index (χ2n) is 16.5. The third kappa shape index (κ3) is 9.00. The summed E-state index contributed by atoms with van der Waals surface area (Å²) in [4.78, 5) is 70.3. The van der Waals surface area contributed by atoms with Crippen molar-refractivity contribution in [2.75, 3.05) is 15.5 Å². The average molecular weight is 834 g/mol. The van der Waals surface area contributed by atoms with E-state index in [2.05, 4.69) is 62.4 Å². The number of fused-ring (bicyclic) bond motifs is 2. The number of nitrogens with zero attached hydrogens (tertiary/aromatic N) is 7. The van der Waals surface area contributed by atoms with Gasteiger partial charge in [0.25, 0.3) is 11.8 Å². The second-order valence-corrected chi connectivity index (χ2v) is 16.9. The van der Waals surface area contributed by atoms with Gasteiger partial charge in [0, 0.05) is 52.2 Å². The molecule has 6 heterocycles. The molecule has 310 valence electrons. The maximum absolute atomic E-state index is 12.9. The molecule has 0 radical (unpaired) electrons. The molecule has 0 spiro atoms. The lowest BCUT2D eigenvalue weighted by molar-refractivity contribution is -0.125. The van der Waals surface area contributed by atoms with Crippen molar-refractivity contribution in [3.8, 4) is 0 Å². The first-order valence-corrected chi connectivity index (χ1v) is 20.1. The Balaban J connectivity index is 0.000000167. The first-order chi connectivity index (χ1) is 28.6. The Labute approximate surface area is 349 Å². The van der Waals surface area contributed by atoms with Crippen LogP contribution in [0.15, 0.2) is 59.9 Å². The zero-order valence-corrected chi connectivity index (χ0v) is 34.5. The van der Waals surface area contributed by atoms with Crippen molar-refractivity contribution >= 4 is 87.9 Å². The van der Waals surface area contributed by atoms with E-state index in [0.717, 1.165) is 37.2 Å². The number of aromatic nitrogens is 6. The molecule has 2 saturated carbocycles. The minimum absolute atomic E-state index is 0.00393. The van der Waals surface area contributed by atoms with Crippen molar-refractivity contribution in [1.82, 2.24) is 39.8 Å². The van der Waals surface area contributed by atoms with Crippen LogP contribution in [0.5, 0.6) is 0 Å². The van der Waals surface area contributed by atoms with Crippen molar-refractivity contribution < 1.29 is 28.7 Å². The highest BCUT2D eigenvalue weighted by Gasteiger charge is 2.38. The summed E-state index contributed by atoms with van der Waals surface area (Å²) in [5, 5.41) is 20.5. The summed E-state index contributed by atoms with van der Waals surface area (Å²) < 4.78 is 8.81. The molecule has 9 rings (SSSR count). The van der Waals surface area contributed by atoms with Crippen LogP contribution in [0.4, 0.5) is 27.9 Å². The van der Waals surface area contributed by atoms with E-state index in [1.54, 1.807) is 54.6 Å². The van der Waals surface area contributed by atoms with E-state index in [1.165, 1.54) is 16.3 Å². The normalized spacial score (nSPS) is 18.0. The summed E-state index contributed by atoms with van der Waals surface area (Å²) in [5.41, 5.74) is 4.50. The van der Waals surface area contributed by atoms with Gasteiger partial charge in [-0.1, -0.05) is 37.6 Å². The van der Waals surface area contributed by atoms with Crippen LogP contribution in [-0.4, -0.2) is 76.6 Å². The predicted molar refractivity (Wildman–Crippen MR) is 225 cm³/mol. The Kier molecular flexibility index (Phi) is 10.6. The molecule has 4 aliphatic rings. The van der Waals surface area contributed by atoms with E-state index < -0.39 is 17.6 Å². The van der Waals surface area contributed by atoms with E-state index in [0.29, 0.717) is 57.2 Å². The molecule has 4 aromatic heterocycles. The Morgan fingerprint density at radius 2 is 1.50 bits per heavy atom. The lowest BCUT2D eigenvalue weighted by Gasteiger charge is -2.27. The topological polar surface area (TPSA) is 206 Å². The number of nitrogens with one attached hydrogen (secondary N) is 4. The van der Waals surface area contributed by atoms with Gasteiger partial charge < -0.3 is 15.4 Å². The number of rotatable bonds is 9. The minimum Gasteiger partial charge on any atom is -0.443 e. The molecule has 17 nitrogen and oxygen atoms in total. The predicted octanol–water partition coefficient (Wildman–Crippen LogP) is 6.32. The number of halogens is 1. The minimum atomic E-state index is -0.651. The molecule has 1 aromatic carbocycles. The van der Waals surface area contributed by atoms with Crippen LogP contribution in [-0.2, 0) is 23.9 Å². The molecule has 4 N–H and O–H groups in total. The Hall–Kier alpha value is -6.62. The first kappa shape index (κ1) is 40.2. The molecular weight excluding hydrogens is 790 g/mol. The van der Waals surface area contributed by atoms with Crippen molar-refractivity contribution in [1.29, 1.82) is 0 Å². The fourth-order valence-corrected chi connectivity index (χ4v) is 6.89. The van der Waals surface area contributed by atoms with Gasteiger partial charge in [0.05, 0.1) is 25.2 Å². The van der Waals surface area contributed by atoms with Crippen molar-refractivity contribution in [3.05, 3.63) is 81.8 Å². The quantitative estimate of drug-likeness (QED) is 0.0732. The number of carbonyl (C=O) groups excluding carboxylic acids is 5. The highest BCUT2D eigenvalue weighted by molar-refractivity contribution is 6.30. The van der Waals surface area contributed by atoms with Crippen LogP contribution in [0, 0.1) is 0 Å². The van der Waals surface area contributed by atoms with Gasteiger partial charge in [0.15, 0.2) is 11.3 Å². The molecule has 4 fully saturated rings. The van der Waals surface area contributed by atoms with E-state index in [1.807, 2.05) is 18.2 Å². The summed E-state index contributed by atoms with van der Waals surface area (Å²) in [6.45, 7) is 9.74. The van der Waals surface area contributed by atoms with Crippen LogP contribution in [0.25, 0.3) is 23.4 Å². The third-order valence-corrected chi connectivity index (χ3v) is 10.1. The summed E-state index contributed by atoms with van der Waals surface area (Å²) in [6, 6.07) is 12.2. The molecule has 0 atom stereocenters. The molecular formula is C42H44ClN11O6. The summed E-state index contributed by atoms with van der Waals surface area (Å²) in [5.74, 6) is 0.949. The standard InChI is InChI=1S/C23H24N6O2.C19H20ClN5O4/c1-13(2)14-4-3-5-18(9-14)25-19-11-20(26-17-6-7-17)29-22(27-19)16(12-24-29)8-15-10-21(30)28-23(15)31;1-19(2,3)29-18(28)24(12-4-5-12)15-8-13(20)22-16-11(9-21-25(15)16)6-10-7-14(26)23-17(10)27/h3-5,8-9,11-13,17,26H,6-7,10H2,1-2H3,(H,25,27)(H,28,30,31);6,8-9,12H,4-5,7H2,1-3H3,(H,23,26,27)/b15-8+;10-6+. The average Bonchev–Trinajstić information content (AvgIpc) is 4.04. The fraction of sp³-hybridized carbons (Fsp3) is 0.357. The zero-order valence-electron chi connectivity index (χ0n) is 33.7. The number of anilines is 4. The summed E-state index contributed by atoms with van der Waals surface area (Å²) in [6.07, 6.45) is 9.98. The van der Waals surface area contributed by atoms with Gasteiger partial charge in [-0.15, -0.1) is 0 Å². The van der Waals surface area contributed by atoms with Crippen LogP contribution >= 0.6 is 11.6 Å². The highest BCUT2D eigenvalue weighted by Crippen LogP contribution is 2.35. The number of hydrogen-bond donors (Lipinski definition) is 4. The Bertz CT molecular complexity index is 2650. The molecule has 2 aliphatic heterocycles. The zero-order chi connectivity index (χ0) is 42.5. The second kappa shape index (κ2) is 15.9. The molecule has 0 bridgehead atoms. The SMILES string of the molecule is CC(C)(C)OC(=O)N(c1cc(Cl)nc2c(/C=C3\CC(=O)NC3=O)cnn12)C1CC1.CC(C)c1cccc(Nc2cc(NC3CC3)n3ncc(/C=C4\CC(=O)NC4=O)c3n2)c1. The monoisotopic (exact) mass is 833 g/mol. The van der Waals surface area contributed by atoms with E-state index in [9.17, 15) is 24.0 Å². The molecule has 18 heteroatoms. The lowest BCUT2D eigenvalue weighted by Crippen LogP contribution is -2.39. The Morgan fingerprint density at radius 3 is 2.05 bits per heavy atom. The molecule has 0 unspecified atom stereocenters.